The number of rotatable bonds is 6. The van der Waals surface area contributed by atoms with Crippen LogP contribution in [-0.4, -0.2) is 40.7 Å². The average molecular weight is 335 g/mol. The molecule has 0 saturated carbocycles. The van der Waals surface area contributed by atoms with Crippen LogP contribution in [0.5, 0.6) is 0 Å². The Hall–Kier alpha value is -1.94. The number of ether oxygens (including phenoxy) is 1. The van der Waals surface area contributed by atoms with Crippen molar-refractivity contribution < 1.29 is 22.7 Å². The summed E-state index contributed by atoms with van der Waals surface area (Å²) in [5.41, 5.74) is 4.74. The number of aromatic nitrogens is 2. The molecular formula is C13H20F3N5O2. The average Bonchev–Trinajstić information content (AvgIpc) is 2.42. The van der Waals surface area contributed by atoms with Crippen molar-refractivity contribution in [1.82, 2.24) is 15.5 Å². The number of nitrogens with two attached hydrogens (primary N) is 1. The topological polar surface area (TPSA) is 102 Å². The number of carbonyl (C=O) groups excluding carboxylic acids is 1. The highest BCUT2D eigenvalue weighted by molar-refractivity contribution is 5.83. The molecule has 0 aromatic carbocycles. The van der Waals surface area contributed by atoms with Gasteiger partial charge in [-0.1, -0.05) is 0 Å². The van der Waals surface area contributed by atoms with Crippen molar-refractivity contribution in [2.45, 2.75) is 51.7 Å². The third kappa shape index (κ3) is 7.24. The first-order chi connectivity index (χ1) is 10.6. The summed E-state index contributed by atoms with van der Waals surface area (Å²) < 4.78 is 42.9. The second-order valence-corrected chi connectivity index (χ2v) is 5.77. The molecule has 23 heavy (non-hydrogen) atoms. The van der Waals surface area contributed by atoms with Crippen molar-refractivity contribution in [3.8, 4) is 0 Å². The molecule has 4 N–H and O–H groups in total. The molecular weight excluding hydrogens is 315 g/mol. The van der Waals surface area contributed by atoms with Crippen LogP contribution in [-0.2, 0) is 11.3 Å². The summed E-state index contributed by atoms with van der Waals surface area (Å²) in [5, 5.41) is 11.9. The van der Waals surface area contributed by atoms with Crippen LogP contribution in [0.4, 0.5) is 23.8 Å². The van der Waals surface area contributed by atoms with Crippen LogP contribution in [0.2, 0.25) is 0 Å². The van der Waals surface area contributed by atoms with E-state index in [-0.39, 0.29) is 12.4 Å². The summed E-state index contributed by atoms with van der Waals surface area (Å²) in [7, 11) is 0. The standard InChI is InChI=1S/C13H20F3N5O2/c1-13(2,3)23-12(22)20-8-4-7(6-19-21-8)5-18-11(16)9(17)10(14)15/h4,6,9-11,18H,5,17H2,1-3H3,(H,20,21,22)/t9-,11?/m1/s1. The van der Waals surface area contributed by atoms with Gasteiger partial charge in [0.2, 0.25) is 0 Å². The summed E-state index contributed by atoms with van der Waals surface area (Å²) in [5.74, 6) is 0.0899. The van der Waals surface area contributed by atoms with Crippen LogP contribution in [0.25, 0.3) is 0 Å². The molecule has 1 aromatic rings. The highest BCUT2D eigenvalue weighted by Crippen LogP contribution is 2.11. The van der Waals surface area contributed by atoms with Crippen LogP contribution in [0.1, 0.15) is 26.3 Å². The van der Waals surface area contributed by atoms with Crippen LogP contribution in [0.15, 0.2) is 12.3 Å². The van der Waals surface area contributed by atoms with Gasteiger partial charge < -0.3 is 10.5 Å². The molecule has 10 heteroatoms. The van der Waals surface area contributed by atoms with Gasteiger partial charge in [0.15, 0.2) is 12.1 Å². The van der Waals surface area contributed by atoms with Crippen molar-refractivity contribution in [3.05, 3.63) is 17.8 Å². The van der Waals surface area contributed by atoms with E-state index in [4.69, 9.17) is 10.5 Å². The zero-order valence-electron chi connectivity index (χ0n) is 13.0. The van der Waals surface area contributed by atoms with Gasteiger partial charge in [0, 0.05) is 6.54 Å². The molecule has 0 aliphatic carbocycles. The lowest BCUT2D eigenvalue weighted by atomic mass is 10.2. The molecule has 0 aliphatic rings. The van der Waals surface area contributed by atoms with Gasteiger partial charge in [-0.25, -0.2) is 18.0 Å². The van der Waals surface area contributed by atoms with E-state index < -0.39 is 30.5 Å². The summed E-state index contributed by atoms with van der Waals surface area (Å²) in [6, 6.07) is -0.519. The van der Waals surface area contributed by atoms with Gasteiger partial charge in [0.05, 0.1) is 6.20 Å². The second kappa shape index (κ2) is 8.06. The summed E-state index contributed by atoms with van der Waals surface area (Å²) >= 11 is 0. The Kier molecular flexibility index (Phi) is 6.70. The van der Waals surface area contributed by atoms with Crippen molar-refractivity contribution >= 4 is 11.9 Å². The molecule has 0 saturated heterocycles. The van der Waals surface area contributed by atoms with E-state index in [1.807, 2.05) is 0 Å². The Labute approximate surface area is 131 Å². The normalized spacial score (nSPS) is 14.4. The van der Waals surface area contributed by atoms with Gasteiger partial charge in [-0.15, -0.1) is 5.10 Å². The minimum Gasteiger partial charge on any atom is -0.444 e. The Morgan fingerprint density at radius 1 is 1.39 bits per heavy atom. The van der Waals surface area contributed by atoms with Crippen LogP contribution in [0, 0.1) is 0 Å². The maximum absolute atomic E-state index is 13.4. The van der Waals surface area contributed by atoms with Crippen molar-refractivity contribution in [2.75, 3.05) is 5.32 Å². The SMILES string of the molecule is CC(C)(C)OC(=O)Nc1cc(CNC(F)[C@H](N)C(F)F)cnn1. The molecule has 7 nitrogen and oxygen atoms in total. The fourth-order valence-corrected chi connectivity index (χ4v) is 1.45. The number of alkyl halides is 3. The predicted octanol–water partition coefficient (Wildman–Crippen LogP) is 1.80. The van der Waals surface area contributed by atoms with Gasteiger partial charge in [-0.05, 0) is 32.4 Å². The minimum absolute atomic E-state index is 0.0899. The smallest absolute Gasteiger partial charge is 0.413 e. The van der Waals surface area contributed by atoms with E-state index in [2.05, 4.69) is 20.8 Å². The molecule has 1 aromatic heterocycles. The Bertz CT molecular complexity index is 525. The van der Waals surface area contributed by atoms with Gasteiger partial charge in [-0.2, -0.15) is 5.10 Å². The van der Waals surface area contributed by atoms with E-state index in [0.717, 1.165) is 0 Å². The molecule has 0 fully saturated rings. The van der Waals surface area contributed by atoms with E-state index in [0.29, 0.717) is 5.56 Å². The lowest BCUT2D eigenvalue weighted by Gasteiger charge is -2.19. The molecule has 0 bridgehead atoms. The largest absolute Gasteiger partial charge is 0.444 e. The highest BCUT2D eigenvalue weighted by atomic mass is 19.3. The van der Waals surface area contributed by atoms with Crippen LogP contribution >= 0.6 is 0 Å². The number of nitrogens with one attached hydrogen (secondary N) is 2. The maximum atomic E-state index is 13.4. The fraction of sp³-hybridized carbons (Fsp3) is 0.615. The van der Waals surface area contributed by atoms with Crippen LogP contribution < -0.4 is 16.4 Å². The van der Waals surface area contributed by atoms with E-state index in [9.17, 15) is 18.0 Å². The number of halogens is 3. The zero-order chi connectivity index (χ0) is 17.6. The maximum Gasteiger partial charge on any atom is 0.413 e. The van der Waals surface area contributed by atoms with Gasteiger partial charge in [0.1, 0.15) is 11.6 Å². The quantitative estimate of drug-likeness (QED) is 0.685. The molecule has 1 amide bonds. The fourth-order valence-electron chi connectivity index (χ4n) is 1.45. The molecule has 1 unspecified atom stereocenters. The number of anilines is 1. The second-order valence-electron chi connectivity index (χ2n) is 5.77. The van der Waals surface area contributed by atoms with Crippen LogP contribution in [0.3, 0.4) is 0 Å². The first-order valence-corrected chi connectivity index (χ1v) is 6.81. The number of nitrogens with zero attached hydrogens (tertiary/aromatic N) is 2. The summed E-state index contributed by atoms with van der Waals surface area (Å²) in [6.45, 7) is 4.99. The molecule has 2 atom stereocenters. The molecule has 0 aliphatic heterocycles. The number of amides is 1. The van der Waals surface area contributed by atoms with Crippen molar-refractivity contribution in [2.24, 2.45) is 5.73 Å². The molecule has 1 rings (SSSR count). The Morgan fingerprint density at radius 3 is 2.61 bits per heavy atom. The number of hydrogen-bond donors (Lipinski definition) is 3. The highest BCUT2D eigenvalue weighted by Gasteiger charge is 2.25. The van der Waals surface area contributed by atoms with E-state index in [1.165, 1.54) is 12.3 Å². The van der Waals surface area contributed by atoms with Crippen molar-refractivity contribution in [1.29, 1.82) is 0 Å². The Balaban J connectivity index is 2.58. The predicted molar refractivity (Wildman–Crippen MR) is 77.6 cm³/mol. The number of hydrogen-bond acceptors (Lipinski definition) is 6. The molecule has 130 valence electrons. The van der Waals surface area contributed by atoms with Gasteiger partial charge >= 0.3 is 6.09 Å². The zero-order valence-corrected chi connectivity index (χ0v) is 13.0. The molecule has 0 radical (unpaired) electrons. The first-order valence-electron chi connectivity index (χ1n) is 6.81. The monoisotopic (exact) mass is 335 g/mol. The van der Waals surface area contributed by atoms with Gasteiger partial charge in [0.25, 0.3) is 6.43 Å². The third-order valence-electron chi connectivity index (χ3n) is 2.47. The lowest BCUT2D eigenvalue weighted by Crippen LogP contribution is -2.46. The van der Waals surface area contributed by atoms with Crippen molar-refractivity contribution in [3.63, 3.8) is 0 Å². The number of carbonyl (C=O) groups is 1. The lowest BCUT2D eigenvalue weighted by molar-refractivity contribution is 0.0611. The summed E-state index contributed by atoms with van der Waals surface area (Å²) in [4.78, 5) is 11.6. The van der Waals surface area contributed by atoms with E-state index in [1.54, 1.807) is 20.8 Å². The van der Waals surface area contributed by atoms with E-state index >= 15 is 0 Å². The third-order valence-corrected chi connectivity index (χ3v) is 2.47. The first kappa shape index (κ1) is 19.1. The molecule has 0 spiro atoms. The van der Waals surface area contributed by atoms with Gasteiger partial charge in [-0.3, -0.25) is 10.6 Å². The minimum atomic E-state index is -2.97. The summed E-state index contributed by atoms with van der Waals surface area (Å²) in [6.07, 6.45) is -4.48. The molecule has 1 heterocycles. The Morgan fingerprint density at radius 2 is 2.04 bits per heavy atom.